The maximum absolute atomic E-state index is 12.5. The van der Waals surface area contributed by atoms with Gasteiger partial charge in [-0.15, -0.1) is 0 Å². The van der Waals surface area contributed by atoms with Crippen molar-refractivity contribution in [1.82, 2.24) is 15.2 Å². The molecule has 0 radical (unpaired) electrons. The van der Waals surface area contributed by atoms with Gasteiger partial charge in [-0.3, -0.25) is 14.6 Å². The van der Waals surface area contributed by atoms with Crippen LogP contribution in [0.4, 0.5) is 0 Å². The molecule has 1 aromatic rings. The Morgan fingerprint density at radius 1 is 1.26 bits per heavy atom. The molecule has 0 saturated carbocycles. The van der Waals surface area contributed by atoms with Gasteiger partial charge in [-0.2, -0.15) is 0 Å². The molecule has 0 N–H and O–H groups in total. The number of hydrogen-bond donors (Lipinski definition) is 0. The number of nitrogens with zero attached hydrogens (tertiary/aromatic N) is 3. The van der Waals surface area contributed by atoms with Crippen molar-refractivity contribution in [2.75, 3.05) is 13.1 Å². The van der Waals surface area contributed by atoms with Crippen LogP contribution in [0.2, 0.25) is 0 Å². The molecular formula is C13H19N3O3. The van der Waals surface area contributed by atoms with Crippen molar-refractivity contribution in [3.05, 3.63) is 17.0 Å². The molecule has 104 valence electrons. The first-order chi connectivity index (χ1) is 9.06. The van der Waals surface area contributed by atoms with Gasteiger partial charge in [-0.1, -0.05) is 12.1 Å². The van der Waals surface area contributed by atoms with Gasteiger partial charge in [0, 0.05) is 19.5 Å². The maximum atomic E-state index is 12.5. The lowest BCUT2D eigenvalue weighted by molar-refractivity contribution is -0.140. The van der Waals surface area contributed by atoms with E-state index in [-0.39, 0.29) is 11.8 Å². The molecule has 19 heavy (non-hydrogen) atoms. The second-order valence-electron chi connectivity index (χ2n) is 4.75. The molecule has 1 fully saturated rings. The van der Waals surface area contributed by atoms with Crippen LogP contribution in [0.3, 0.4) is 0 Å². The van der Waals surface area contributed by atoms with Crippen molar-refractivity contribution in [3.8, 4) is 0 Å². The molecule has 0 aromatic carbocycles. The molecule has 2 heterocycles. The Hall–Kier alpha value is -1.85. The third kappa shape index (κ3) is 2.47. The fourth-order valence-corrected chi connectivity index (χ4v) is 2.34. The number of rotatable bonds is 3. The van der Waals surface area contributed by atoms with E-state index in [0.29, 0.717) is 36.5 Å². The first kappa shape index (κ1) is 13.6. The smallest absolute Gasteiger partial charge is 0.277 e. The SMILES string of the molecule is CCCC(=O)N1CCCN1C(=O)c1c(C)noc1C. The van der Waals surface area contributed by atoms with E-state index < -0.39 is 0 Å². The van der Waals surface area contributed by atoms with E-state index in [2.05, 4.69) is 5.16 Å². The van der Waals surface area contributed by atoms with E-state index in [1.165, 1.54) is 5.01 Å². The molecule has 2 rings (SSSR count). The fourth-order valence-electron chi connectivity index (χ4n) is 2.34. The highest BCUT2D eigenvalue weighted by molar-refractivity contribution is 5.97. The monoisotopic (exact) mass is 265 g/mol. The third-order valence-electron chi connectivity index (χ3n) is 3.26. The summed E-state index contributed by atoms with van der Waals surface area (Å²) in [5.41, 5.74) is 1.04. The average Bonchev–Trinajstić information content (AvgIpc) is 2.96. The standard InChI is InChI=1S/C13H19N3O3/c1-4-6-11(17)15-7-5-8-16(15)13(18)12-9(2)14-19-10(12)3/h4-8H2,1-3H3. The molecule has 0 spiro atoms. The minimum Gasteiger partial charge on any atom is -0.361 e. The van der Waals surface area contributed by atoms with Crippen molar-refractivity contribution >= 4 is 11.8 Å². The van der Waals surface area contributed by atoms with Crippen molar-refractivity contribution in [2.45, 2.75) is 40.0 Å². The van der Waals surface area contributed by atoms with Gasteiger partial charge in [0.05, 0.1) is 5.69 Å². The average molecular weight is 265 g/mol. The van der Waals surface area contributed by atoms with Gasteiger partial charge in [0.1, 0.15) is 11.3 Å². The van der Waals surface area contributed by atoms with Crippen LogP contribution in [-0.2, 0) is 4.79 Å². The summed E-state index contributed by atoms with van der Waals surface area (Å²) in [6.07, 6.45) is 2.05. The van der Waals surface area contributed by atoms with E-state index in [0.717, 1.165) is 12.8 Å². The van der Waals surface area contributed by atoms with Crippen LogP contribution in [0.1, 0.15) is 48.0 Å². The summed E-state index contributed by atoms with van der Waals surface area (Å²) < 4.78 is 5.02. The maximum Gasteiger partial charge on any atom is 0.277 e. The molecule has 1 aliphatic rings. The zero-order valence-corrected chi connectivity index (χ0v) is 11.6. The van der Waals surface area contributed by atoms with Gasteiger partial charge < -0.3 is 4.52 Å². The molecule has 1 saturated heterocycles. The van der Waals surface area contributed by atoms with Crippen LogP contribution in [-0.4, -0.2) is 40.1 Å². The van der Waals surface area contributed by atoms with Crippen LogP contribution < -0.4 is 0 Å². The summed E-state index contributed by atoms with van der Waals surface area (Å²) in [4.78, 5) is 24.5. The second-order valence-corrected chi connectivity index (χ2v) is 4.75. The Kier molecular flexibility index (Phi) is 3.87. The minimum absolute atomic E-state index is 0.000102. The van der Waals surface area contributed by atoms with Crippen LogP contribution >= 0.6 is 0 Å². The summed E-state index contributed by atoms with van der Waals surface area (Å²) in [5, 5.41) is 6.86. The predicted molar refractivity (Wildman–Crippen MR) is 68.3 cm³/mol. The van der Waals surface area contributed by atoms with Crippen molar-refractivity contribution in [3.63, 3.8) is 0 Å². The van der Waals surface area contributed by atoms with E-state index >= 15 is 0 Å². The number of carbonyl (C=O) groups is 2. The van der Waals surface area contributed by atoms with Crippen LogP contribution in [0, 0.1) is 13.8 Å². The Morgan fingerprint density at radius 2 is 1.95 bits per heavy atom. The molecule has 0 unspecified atom stereocenters. The zero-order chi connectivity index (χ0) is 14.0. The number of carbonyl (C=O) groups excluding carboxylic acids is 2. The topological polar surface area (TPSA) is 66.7 Å². The number of amides is 2. The van der Waals surface area contributed by atoms with Gasteiger partial charge in [-0.05, 0) is 26.7 Å². The molecule has 0 atom stereocenters. The van der Waals surface area contributed by atoms with Gasteiger partial charge >= 0.3 is 0 Å². The van der Waals surface area contributed by atoms with Gasteiger partial charge in [0.15, 0.2) is 0 Å². The Morgan fingerprint density at radius 3 is 2.53 bits per heavy atom. The lowest BCUT2D eigenvalue weighted by Crippen LogP contribution is -2.45. The molecule has 0 bridgehead atoms. The number of hydrazine groups is 1. The van der Waals surface area contributed by atoms with E-state index in [1.807, 2.05) is 6.92 Å². The van der Waals surface area contributed by atoms with Crippen LogP contribution in [0.15, 0.2) is 4.52 Å². The summed E-state index contributed by atoms with van der Waals surface area (Å²) in [6, 6.07) is 0. The van der Waals surface area contributed by atoms with Gasteiger partial charge in [-0.25, -0.2) is 5.01 Å². The minimum atomic E-state index is -0.196. The molecule has 1 aliphatic heterocycles. The summed E-state index contributed by atoms with van der Waals surface area (Å²) in [7, 11) is 0. The first-order valence-electron chi connectivity index (χ1n) is 6.61. The van der Waals surface area contributed by atoms with E-state index in [4.69, 9.17) is 4.52 Å². The van der Waals surface area contributed by atoms with Crippen LogP contribution in [0.5, 0.6) is 0 Å². The first-order valence-corrected chi connectivity index (χ1v) is 6.61. The molecule has 6 nitrogen and oxygen atoms in total. The normalized spacial score (nSPS) is 15.1. The highest BCUT2D eigenvalue weighted by Crippen LogP contribution is 2.20. The summed E-state index contributed by atoms with van der Waals surface area (Å²) in [6.45, 7) is 6.57. The molecule has 0 aliphatic carbocycles. The highest BCUT2D eigenvalue weighted by Gasteiger charge is 2.33. The molecule has 6 heteroatoms. The Labute approximate surface area is 112 Å². The molecule has 1 aromatic heterocycles. The largest absolute Gasteiger partial charge is 0.361 e. The van der Waals surface area contributed by atoms with Gasteiger partial charge in [0.2, 0.25) is 5.91 Å². The lowest BCUT2D eigenvalue weighted by atomic mass is 10.2. The fraction of sp³-hybridized carbons (Fsp3) is 0.615. The van der Waals surface area contributed by atoms with Crippen molar-refractivity contribution in [2.24, 2.45) is 0 Å². The van der Waals surface area contributed by atoms with E-state index in [9.17, 15) is 9.59 Å². The highest BCUT2D eigenvalue weighted by atomic mass is 16.5. The summed E-state index contributed by atoms with van der Waals surface area (Å²) in [5.74, 6) is 0.301. The van der Waals surface area contributed by atoms with E-state index in [1.54, 1.807) is 18.9 Å². The molecular weight excluding hydrogens is 246 g/mol. The predicted octanol–water partition coefficient (Wildman–Crippen LogP) is 1.68. The van der Waals surface area contributed by atoms with Crippen LogP contribution in [0.25, 0.3) is 0 Å². The van der Waals surface area contributed by atoms with Gasteiger partial charge in [0.25, 0.3) is 5.91 Å². The Bertz CT molecular complexity index is 476. The number of hydrogen-bond acceptors (Lipinski definition) is 4. The lowest BCUT2D eigenvalue weighted by Gasteiger charge is -2.27. The quantitative estimate of drug-likeness (QED) is 0.834. The Balaban J connectivity index is 2.21. The molecule has 2 amide bonds. The zero-order valence-electron chi connectivity index (χ0n) is 11.6. The van der Waals surface area contributed by atoms with Crippen molar-refractivity contribution in [1.29, 1.82) is 0 Å². The summed E-state index contributed by atoms with van der Waals surface area (Å²) >= 11 is 0. The number of aryl methyl sites for hydroxylation is 2. The number of aromatic nitrogens is 1. The third-order valence-corrected chi connectivity index (χ3v) is 3.26. The second kappa shape index (κ2) is 5.42. The van der Waals surface area contributed by atoms with Crippen molar-refractivity contribution < 1.29 is 14.1 Å².